The van der Waals surface area contributed by atoms with Crippen molar-refractivity contribution in [3.05, 3.63) is 29.6 Å². The summed E-state index contributed by atoms with van der Waals surface area (Å²) >= 11 is 1.70. The van der Waals surface area contributed by atoms with E-state index in [9.17, 15) is 4.39 Å². The Hall–Kier alpha value is -0.580. The fourth-order valence-electron chi connectivity index (χ4n) is 1.51. The lowest BCUT2D eigenvalue weighted by Crippen LogP contribution is -2.52. The van der Waals surface area contributed by atoms with Gasteiger partial charge in [-0.05, 0) is 30.7 Å². The van der Waals surface area contributed by atoms with Crippen molar-refractivity contribution in [1.29, 1.82) is 0 Å². The number of thioether (sulfide) groups is 1. The Balaban J connectivity index is 2.16. The van der Waals surface area contributed by atoms with Gasteiger partial charge in [-0.1, -0.05) is 0 Å². The summed E-state index contributed by atoms with van der Waals surface area (Å²) in [5, 5.41) is 0. The molecule has 1 saturated heterocycles. The van der Waals surface area contributed by atoms with Gasteiger partial charge >= 0.3 is 0 Å². The van der Waals surface area contributed by atoms with Crippen LogP contribution < -0.4 is 5.73 Å². The third-order valence-corrected chi connectivity index (χ3v) is 4.08. The molecular formula is C11H14FNOS. The molecule has 1 aliphatic heterocycles. The highest BCUT2D eigenvalue weighted by Crippen LogP contribution is 2.39. The van der Waals surface area contributed by atoms with Crippen LogP contribution in [0.2, 0.25) is 0 Å². The van der Waals surface area contributed by atoms with E-state index in [1.165, 1.54) is 6.07 Å². The zero-order chi connectivity index (χ0) is 10.9. The van der Waals surface area contributed by atoms with Gasteiger partial charge in [0.05, 0.1) is 18.0 Å². The Labute approximate surface area is 93.0 Å². The van der Waals surface area contributed by atoms with Crippen LogP contribution in [-0.4, -0.2) is 24.5 Å². The van der Waals surface area contributed by atoms with Gasteiger partial charge in [0.15, 0.2) is 0 Å². The van der Waals surface area contributed by atoms with Gasteiger partial charge in [0.1, 0.15) is 5.82 Å². The van der Waals surface area contributed by atoms with Crippen LogP contribution in [0.3, 0.4) is 0 Å². The smallest absolute Gasteiger partial charge is 0.123 e. The molecule has 0 spiro atoms. The van der Waals surface area contributed by atoms with E-state index in [1.807, 2.05) is 13.0 Å². The lowest BCUT2D eigenvalue weighted by molar-refractivity contribution is -0.00435. The molecule has 1 aliphatic rings. The third kappa shape index (κ3) is 2.17. The Bertz CT molecular complexity index is 360. The molecule has 0 radical (unpaired) electrons. The molecule has 1 aromatic rings. The molecule has 1 aromatic carbocycles. The fraction of sp³-hybridized carbons (Fsp3) is 0.455. The van der Waals surface area contributed by atoms with Crippen LogP contribution >= 0.6 is 11.8 Å². The lowest BCUT2D eigenvalue weighted by Gasteiger charge is -2.40. The van der Waals surface area contributed by atoms with Gasteiger partial charge in [-0.3, -0.25) is 0 Å². The number of halogens is 1. The number of ether oxygens (including phenoxy) is 1. The van der Waals surface area contributed by atoms with Crippen molar-refractivity contribution in [2.45, 2.75) is 16.6 Å². The van der Waals surface area contributed by atoms with Gasteiger partial charge in [-0.25, -0.2) is 4.39 Å². The van der Waals surface area contributed by atoms with Crippen molar-refractivity contribution in [2.75, 3.05) is 19.8 Å². The quantitative estimate of drug-likeness (QED) is 0.857. The summed E-state index contributed by atoms with van der Waals surface area (Å²) in [7, 11) is 0. The number of benzene rings is 1. The number of nitrogens with two attached hydrogens (primary N) is 1. The summed E-state index contributed by atoms with van der Waals surface area (Å²) < 4.78 is 18.1. The van der Waals surface area contributed by atoms with Crippen molar-refractivity contribution in [2.24, 2.45) is 5.73 Å². The maximum atomic E-state index is 12.9. The van der Waals surface area contributed by atoms with E-state index in [0.717, 1.165) is 10.5 Å². The molecular weight excluding hydrogens is 213 g/mol. The van der Waals surface area contributed by atoms with Crippen LogP contribution in [0.4, 0.5) is 4.39 Å². The van der Waals surface area contributed by atoms with E-state index in [0.29, 0.717) is 19.8 Å². The molecule has 82 valence electrons. The first-order valence-corrected chi connectivity index (χ1v) is 5.70. The molecule has 0 amide bonds. The van der Waals surface area contributed by atoms with Crippen molar-refractivity contribution in [3.8, 4) is 0 Å². The predicted molar refractivity (Wildman–Crippen MR) is 59.6 cm³/mol. The average Bonchev–Trinajstić information content (AvgIpc) is 2.14. The molecule has 0 aromatic heterocycles. The first-order valence-electron chi connectivity index (χ1n) is 4.88. The number of hydrogen-bond donors (Lipinski definition) is 1. The van der Waals surface area contributed by atoms with E-state index in [2.05, 4.69) is 0 Å². The molecule has 0 saturated carbocycles. The monoisotopic (exact) mass is 227 g/mol. The zero-order valence-electron chi connectivity index (χ0n) is 8.63. The summed E-state index contributed by atoms with van der Waals surface area (Å²) in [4.78, 5) is 1.09. The van der Waals surface area contributed by atoms with Crippen molar-refractivity contribution >= 4 is 11.8 Å². The van der Waals surface area contributed by atoms with Gasteiger partial charge in [-0.15, -0.1) is 11.8 Å². The molecule has 0 bridgehead atoms. The van der Waals surface area contributed by atoms with Crippen LogP contribution in [0.15, 0.2) is 23.1 Å². The second-order valence-corrected chi connectivity index (χ2v) is 5.40. The second-order valence-electron chi connectivity index (χ2n) is 3.89. The third-order valence-electron chi connectivity index (χ3n) is 2.57. The first kappa shape index (κ1) is 10.9. The lowest BCUT2D eigenvalue weighted by atomic mass is 10.1. The average molecular weight is 227 g/mol. The maximum Gasteiger partial charge on any atom is 0.123 e. The number of rotatable bonds is 3. The molecule has 15 heavy (non-hydrogen) atoms. The minimum absolute atomic E-state index is 0.00257. The van der Waals surface area contributed by atoms with Crippen LogP contribution in [0, 0.1) is 12.7 Å². The van der Waals surface area contributed by atoms with Crippen LogP contribution in [-0.2, 0) is 4.74 Å². The Morgan fingerprint density at radius 1 is 1.53 bits per heavy atom. The summed E-state index contributed by atoms with van der Waals surface area (Å²) in [6.07, 6.45) is 0. The molecule has 0 unspecified atom stereocenters. The minimum atomic E-state index is -0.191. The molecule has 2 N–H and O–H groups in total. The second kappa shape index (κ2) is 4.12. The molecule has 0 atom stereocenters. The molecule has 2 nitrogen and oxygen atoms in total. The van der Waals surface area contributed by atoms with Crippen molar-refractivity contribution < 1.29 is 9.13 Å². The largest absolute Gasteiger partial charge is 0.378 e. The maximum absolute atomic E-state index is 12.9. The molecule has 1 heterocycles. The van der Waals surface area contributed by atoms with Crippen LogP contribution in [0.25, 0.3) is 0 Å². The van der Waals surface area contributed by atoms with Crippen molar-refractivity contribution in [1.82, 2.24) is 0 Å². The van der Waals surface area contributed by atoms with E-state index in [4.69, 9.17) is 10.5 Å². The number of hydrogen-bond acceptors (Lipinski definition) is 3. The van der Waals surface area contributed by atoms with E-state index in [-0.39, 0.29) is 10.6 Å². The van der Waals surface area contributed by atoms with Crippen molar-refractivity contribution in [3.63, 3.8) is 0 Å². The molecule has 2 rings (SSSR count). The highest BCUT2D eigenvalue weighted by atomic mass is 32.2. The van der Waals surface area contributed by atoms with Gasteiger partial charge in [0.2, 0.25) is 0 Å². The molecule has 1 fully saturated rings. The standard InChI is InChI=1S/C11H14FNOS/c1-8-4-9(12)2-3-10(8)15-11(5-13)6-14-7-11/h2-4H,5-7,13H2,1H3. The van der Waals surface area contributed by atoms with Crippen LogP contribution in [0.1, 0.15) is 5.56 Å². The van der Waals surface area contributed by atoms with E-state index >= 15 is 0 Å². The predicted octanol–water partition coefficient (Wildman–Crippen LogP) is 1.95. The van der Waals surface area contributed by atoms with Gasteiger partial charge in [0.25, 0.3) is 0 Å². The normalized spacial score (nSPS) is 18.6. The topological polar surface area (TPSA) is 35.2 Å². The minimum Gasteiger partial charge on any atom is -0.378 e. The highest BCUT2D eigenvalue weighted by Gasteiger charge is 2.38. The summed E-state index contributed by atoms with van der Waals surface area (Å²) in [5.74, 6) is -0.191. The SMILES string of the molecule is Cc1cc(F)ccc1SC1(CN)COC1. The molecule has 0 aliphatic carbocycles. The van der Waals surface area contributed by atoms with E-state index < -0.39 is 0 Å². The highest BCUT2D eigenvalue weighted by molar-refractivity contribution is 8.00. The fourth-order valence-corrected chi connectivity index (χ4v) is 2.70. The Kier molecular flexibility index (Phi) is 3.00. The summed E-state index contributed by atoms with van der Waals surface area (Å²) in [6, 6.07) is 4.84. The number of aryl methyl sites for hydroxylation is 1. The van der Waals surface area contributed by atoms with Gasteiger partial charge in [-0.2, -0.15) is 0 Å². The summed E-state index contributed by atoms with van der Waals surface area (Å²) in [5.41, 5.74) is 6.68. The Morgan fingerprint density at radius 2 is 2.27 bits per heavy atom. The van der Waals surface area contributed by atoms with E-state index in [1.54, 1.807) is 17.8 Å². The first-order chi connectivity index (χ1) is 7.15. The van der Waals surface area contributed by atoms with Gasteiger partial charge in [0, 0.05) is 11.4 Å². The summed E-state index contributed by atoms with van der Waals surface area (Å²) in [6.45, 7) is 3.87. The molecule has 4 heteroatoms. The van der Waals surface area contributed by atoms with Gasteiger partial charge < -0.3 is 10.5 Å². The zero-order valence-corrected chi connectivity index (χ0v) is 9.44. The Morgan fingerprint density at radius 3 is 2.73 bits per heavy atom. The van der Waals surface area contributed by atoms with Crippen LogP contribution in [0.5, 0.6) is 0 Å².